The highest BCUT2D eigenvalue weighted by atomic mass is 32.2. The summed E-state index contributed by atoms with van der Waals surface area (Å²) < 4.78 is 31.9. The van der Waals surface area contributed by atoms with E-state index in [0.717, 1.165) is 24.6 Å². The number of nitrogens with zero attached hydrogens (tertiary/aromatic N) is 1. The lowest BCUT2D eigenvalue weighted by molar-refractivity contribution is -0.383. The first kappa shape index (κ1) is 17.3. The summed E-state index contributed by atoms with van der Waals surface area (Å²) in [6, 6.07) is 2.96. The van der Waals surface area contributed by atoms with Crippen LogP contribution in [0.4, 0.5) is 11.4 Å². The number of anilines is 1. The fourth-order valence-corrected chi connectivity index (χ4v) is 3.17. The molecular weight excluding hydrogens is 298 g/mol. The largest absolute Gasteiger partial charge is 0.393 e. The molecule has 8 nitrogen and oxygen atoms in total. The number of methoxy groups -OCH3 is 1. The van der Waals surface area contributed by atoms with Crippen LogP contribution in [0.15, 0.2) is 23.1 Å². The van der Waals surface area contributed by atoms with Crippen LogP contribution in [-0.2, 0) is 14.8 Å². The van der Waals surface area contributed by atoms with Crippen molar-refractivity contribution in [2.75, 3.05) is 19.5 Å². The molecular formula is C12H19N3O5S. The Kier molecular flexibility index (Phi) is 6.06. The van der Waals surface area contributed by atoms with Crippen LogP contribution in [0, 0.1) is 10.1 Å². The molecule has 0 bridgehead atoms. The highest BCUT2D eigenvalue weighted by Gasteiger charge is 2.22. The van der Waals surface area contributed by atoms with Crippen molar-refractivity contribution in [2.24, 2.45) is 0 Å². The highest BCUT2D eigenvalue weighted by Crippen LogP contribution is 2.24. The topological polar surface area (TPSA) is 125 Å². The number of rotatable bonds is 8. The van der Waals surface area contributed by atoms with E-state index in [1.807, 2.05) is 6.92 Å². The molecule has 0 spiro atoms. The number of nitrogens with two attached hydrogens (primary N) is 1. The van der Waals surface area contributed by atoms with Crippen LogP contribution in [0.25, 0.3) is 0 Å². The van der Waals surface area contributed by atoms with Crippen molar-refractivity contribution in [2.45, 2.75) is 30.7 Å². The molecule has 118 valence electrons. The van der Waals surface area contributed by atoms with Gasteiger partial charge in [0.25, 0.3) is 5.69 Å². The summed E-state index contributed by atoms with van der Waals surface area (Å²) in [5.74, 6) is 0. The predicted octanol–water partition coefficient (Wildman–Crippen LogP) is 1.27. The van der Waals surface area contributed by atoms with Crippen molar-refractivity contribution >= 4 is 21.4 Å². The minimum atomic E-state index is -3.80. The molecule has 1 unspecified atom stereocenters. The molecule has 0 aliphatic heterocycles. The average molecular weight is 317 g/mol. The van der Waals surface area contributed by atoms with E-state index in [1.54, 1.807) is 0 Å². The molecule has 0 fully saturated rings. The van der Waals surface area contributed by atoms with Crippen LogP contribution in [0.5, 0.6) is 0 Å². The normalized spacial score (nSPS) is 13.0. The summed E-state index contributed by atoms with van der Waals surface area (Å²) in [6.07, 6.45) is 1.41. The average Bonchev–Trinajstić information content (AvgIpc) is 2.38. The Bertz CT molecular complexity index is 597. The van der Waals surface area contributed by atoms with E-state index in [1.165, 1.54) is 7.11 Å². The van der Waals surface area contributed by atoms with Crippen LogP contribution in [0.3, 0.4) is 0 Å². The summed E-state index contributed by atoms with van der Waals surface area (Å²) in [5, 5.41) is 10.7. The van der Waals surface area contributed by atoms with Gasteiger partial charge in [-0.1, -0.05) is 13.3 Å². The number of sulfonamides is 1. The lowest BCUT2D eigenvalue weighted by Crippen LogP contribution is -2.37. The molecule has 0 radical (unpaired) electrons. The zero-order valence-corrected chi connectivity index (χ0v) is 12.7. The fraction of sp³-hybridized carbons (Fsp3) is 0.500. The summed E-state index contributed by atoms with van der Waals surface area (Å²) >= 11 is 0. The summed E-state index contributed by atoms with van der Waals surface area (Å²) in [7, 11) is -2.31. The van der Waals surface area contributed by atoms with Gasteiger partial charge in [0.05, 0.1) is 16.4 Å². The molecule has 1 aromatic carbocycles. The molecule has 9 heteroatoms. The van der Waals surface area contributed by atoms with Gasteiger partial charge < -0.3 is 10.5 Å². The Morgan fingerprint density at radius 2 is 2.14 bits per heavy atom. The monoisotopic (exact) mass is 317 g/mol. The van der Waals surface area contributed by atoms with Crippen LogP contribution >= 0.6 is 0 Å². The van der Waals surface area contributed by atoms with Gasteiger partial charge >= 0.3 is 0 Å². The smallest absolute Gasteiger partial charge is 0.292 e. The summed E-state index contributed by atoms with van der Waals surface area (Å²) in [4.78, 5) is 9.90. The maximum Gasteiger partial charge on any atom is 0.292 e. The second-order valence-corrected chi connectivity index (χ2v) is 6.25. The molecule has 0 heterocycles. The van der Waals surface area contributed by atoms with Crippen LogP contribution in [0.2, 0.25) is 0 Å². The van der Waals surface area contributed by atoms with Crippen LogP contribution in [0.1, 0.15) is 19.8 Å². The second-order valence-electron chi connectivity index (χ2n) is 4.54. The Morgan fingerprint density at radius 1 is 1.48 bits per heavy atom. The summed E-state index contributed by atoms with van der Waals surface area (Å²) in [5.41, 5.74) is 4.99. The van der Waals surface area contributed by atoms with E-state index in [9.17, 15) is 18.5 Å². The standard InChI is InChI=1S/C12H19N3O5S/c1-3-4-9(8-20-2)14-21(18,19)10-5-6-12(15(16)17)11(13)7-10/h5-7,9,14H,3-4,8,13H2,1-2H3. The zero-order valence-electron chi connectivity index (χ0n) is 11.9. The van der Waals surface area contributed by atoms with Crippen LogP contribution in [-0.4, -0.2) is 33.1 Å². The molecule has 0 aromatic heterocycles. The van der Waals surface area contributed by atoms with Crippen molar-refractivity contribution in [3.63, 3.8) is 0 Å². The Labute approximate surface area is 123 Å². The minimum absolute atomic E-state index is 0.109. The van der Waals surface area contributed by atoms with Gasteiger partial charge in [0, 0.05) is 19.2 Å². The van der Waals surface area contributed by atoms with Crippen molar-refractivity contribution in [3.05, 3.63) is 28.3 Å². The number of hydrogen-bond acceptors (Lipinski definition) is 6. The first-order chi connectivity index (χ1) is 9.81. The molecule has 1 rings (SSSR count). The number of nitro groups is 1. The van der Waals surface area contributed by atoms with E-state index in [4.69, 9.17) is 10.5 Å². The molecule has 0 saturated heterocycles. The highest BCUT2D eigenvalue weighted by molar-refractivity contribution is 7.89. The van der Waals surface area contributed by atoms with Gasteiger partial charge in [-0.25, -0.2) is 13.1 Å². The lowest BCUT2D eigenvalue weighted by atomic mass is 10.2. The van der Waals surface area contributed by atoms with E-state index < -0.39 is 14.9 Å². The van der Waals surface area contributed by atoms with Gasteiger partial charge in [-0.2, -0.15) is 0 Å². The Morgan fingerprint density at radius 3 is 2.62 bits per heavy atom. The predicted molar refractivity (Wildman–Crippen MR) is 78.4 cm³/mol. The number of nitro benzene ring substituents is 1. The molecule has 1 atom stereocenters. The van der Waals surface area contributed by atoms with Crippen molar-refractivity contribution in [1.82, 2.24) is 4.72 Å². The number of hydrogen-bond donors (Lipinski definition) is 2. The first-order valence-electron chi connectivity index (χ1n) is 6.37. The number of ether oxygens (including phenoxy) is 1. The number of benzene rings is 1. The van der Waals surface area contributed by atoms with Gasteiger partial charge in [-0.3, -0.25) is 10.1 Å². The SMILES string of the molecule is CCCC(COC)NS(=O)(=O)c1ccc([N+](=O)[O-])c(N)c1. The van der Waals surface area contributed by atoms with Crippen LogP contribution < -0.4 is 10.5 Å². The van der Waals surface area contributed by atoms with Crippen molar-refractivity contribution in [3.8, 4) is 0 Å². The van der Waals surface area contributed by atoms with E-state index in [-0.39, 0.29) is 28.9 Å². The maximum absolute atomic E-state index is 12.2. The van der Waals surface area contributed by atoms with E-state index >= 15 is 0 Å². The fourth-order valence-electron chi connectivity index (χ4n) is 1.88. The molecule has 0 amide bonds. The first-order valence-corrected chi connectivity index (χ1v) is 7.85. The lowest BCUT2D eigenvalue weighted by Gasteiger charge is -2.17. The number of nitrogen functional groups attached to an aromatic ring is 1. The third-order valence-corrected chi connectivity index (χ3v) is 4.35. The maximum atomic E-state index is 12.2. The van der Waals surface area contributed by atoms with Crippen molar-refractivity contribution in [1.29, 1.82) is 0 Å². The number of nitrogens with one attached hydrogen (secondary N) is 1. The Hall–Kier alpha value is -1.71. The third-order valence-electron chi connectivity index (χ3n) is 2.83. The molecule has 0 saturated carbocycles. The van der Waals surface area contributed by atoms with E-state index in [2.05, 4.69) is 4.72 Å². The Balaban J connectivity index is 3.02. The van der Waals surface area contributed by atoms with Gasteiger partial charge in [-0.05, 0) is 18.6 Å². The molecule has 3 N–H and O–H groups in total. The minimum Gasteiger partial charge on any atom is -0.393 e. The molecule has 0 aliphatic carbocycles. The molecule has 0 aliphatic rings. The second kappa shape index (κ2) is 7.34. The third kappa shape index (κ3) is 4.66. The molecule has 21 heavy (non-hydrogen) atoms. The summed E-state index contributed by atoms with van der Waals surface area (Å²) in [6.45, 7) is 2.18. The zero-order chi connectivity index (χ0) is 16.0. The molecule has 1 aromatic rings. The van der Waals surface area contributed by atoms with Gasteiger partial charge in [-0.15, -0.1) is 0 Å². The quantitative estimate of drug-likeness (QED) is 0.422. The van der Waals surface area contributed by atoms with E-state index in [0.29, 0.717) is 6.42 Å². The van der Waals surface area contributed by atoms with Gasteiger partial charge in [0.15, 0.2) is 0 Å². The van der Waals surface area contributed by atoms with Gasteiger partial charge in [0.2, 0.25) is 10.0 Å². The van der Waals surface area contributed by atoms with Gasteiger partial charge in [0.1, 0.15) is 5.69 Å². The van der Waals surface area contributed by atoms with Crippen molar-refractivity contribution < 1.29 is 18.1 Å².